The molecule has 136 valence electrons. The van der Waals surface area contributed by atoms with E-state index < -0.39 is 0 Å². The van der Waals surface area contributed by atoms with Gasteiger partial charge in [-0.2, -0.15) is 0 Å². The van der Waals surface area contributed by atoms with Crippen LogP contribution in [0.15, 0.2) is 40.0 Å². The number of benzene rings is 1. The maximum atomic E-state index is 6.15. The van der Waals surface area contributed by atoms with Gasteiger partial charge in [-0.25, -0.2) is 0 Å². The van der Waals surface area contributed by atoms with Crippen LogP contribution in [0.1, 0.15) is 11.3 Å². The first-order chi connectivity index (χ1) is 11.7. The molecule has 0 amide bonds. The Bertz CT molecular complexity index is 699. The lowest BCUT2D eigenvalue weighted by Crippen LogP contribution is -2.52. The lowest BCUT2D eigenvalue weighted by atomic mass is 10.1. The molecule has 1 aromatic heterocycles. The van der Waals surface area contributed by atoms with Crippen molar-refractivity contribution in [3.8, 4) is 0 Å². The molecule has 0 saturated carbocycles. The van der Waals surface area contributed by atoms with Crippen molar-refractivity contribution >= 4 is 47.2 Å². The van der Waals surface area contributed by atoms with E-state index in [1.807, 2.05) is 18.2 Å². The number of guanidine groups is 1. The first-order valence-corrected chi connectivity index (χ1v) is 8.41. The Kier molecular flexibility index (Phi) is 7.37. The number of aliphatic imine (C=N–C) groups is 1. The Morgan fingerprint density at radius 1 is 1.28 bits per heavy atom. The van der Waals surface area contributed by atoms with Gasteiger partial charge in [-0.15, -0.1) is 24.0 Å². The van der Waals surface area contributed by atoms with Crippen molar-refractivity contribution < 1.29 is 4.52 Å². The van der Waals surface area contributed by atoms with Crippen molar-refractivity contribution in [2.75, 3.05) is 38.1 Å². The summed E-state index contributed by atoms with van der Waals surface area (Å²) in [4.78, 5) is 9.01. The van der Waals surface area contributed by atoms with Crippen LogP contribution in [0.25, 0.3) is 0 Å². The molecule has 1 saturated heterocycles. The molecule has 0 bridgehead atoms. The topological polar surface area (TPSA) is 56.9 Å². The van der Waals surface area contributed by atoms with Crippen LogP contribution >= 0.6 is 35.6 Å². The molecule has 1 fully saturated rings. The molecule has 1 N–H and O–H groups in total. The normalized spacial score (nSPS) is 15.1. The van der Waals surface area contributed by atoms with Gasteiger partial charge in [0.15, 0.2) is 5.96 Å². The predicted octanol–water partition coefficient (Wildman–Crippen LogP) is 3.15. The number of aromatic nitrogens is 1. The highest BCUT2D eigenvalue weighted by molar-refractivity contribution is 14.0. The van der Waals surface area contributed by atoms with Crippen molar-refractivity contribution in [2.24, 2.45) is 4.99 Å². The number of nitrogens with one attached hydrogen (secondary N) is 1. The quantitative estimate of drug-likeness (QED) is 0.420. The second-order valence-electron chi connectivity index (χ2n) is 5.80. The molecule has 0 spiro atoms. The van der Waals surface area contributed by atoms with Gasteiger partial charge < -0.3 is 19.6 Å². The number of piperazine rings is 1. The number of nitrogens with zero attached hydrogens (tertiary/aromatic N) is 4. The first-order valence-electron chi connectivity index (χ1n) is 8.03. The molecule has 1 aliphatic heterocycles. The molecule has 1 aromatic carbocycles. The molecule has 3 rings (SSSR count). The second kappa shape index (κ2) is 9.28. The highest BCUT2D eigenvalue weighted by Crippen LogP contribution is 2.25. The zero-order chi connectivity index (χ0) is 16.9. The summed E-state index contributed by atoms with van der Waals surface area (Å²) in [5, 5.41) is 8.02. The minimum atomic E-state index is 0. The Balaban J connectivity index is 0.00000225. The summed E-state index contributed by atoms with van der Waals surface area (Å²) < 4.78 is 4.85. The summed E-state index contributed by atoms with van der Waals surface area (Å²) in [6.07, 6.45) is 1.58. The van der Waals surface area contributed by atoms with Gasteiger partial charge in [-0.1, -0.05) is 22.8 Å². The third-order valence-electron chi connectivity index (χ3n) is 4.22. The Morgan fingerprint density at radius 3 is 2.68 bits per heavy atom. The smallest absolute Gasteiger partial charge is 0.194 e. The maximum absolute atomic E-state index is 6.15. The SMILES string of the molecule is CN=C(NCc1ccon1)N1CCN(c2cc(Cl)ccc2C)CC1.I. The number of anilines is 1. The third-order valence-corrected chi connectivity index (χ3v) is 4.46. The molecule has 0 radical (unpaired) electrons. The summed E-state index contributed by atoms with van der Waals surface area (Å²) in [5.74, 6) is 0.889. The van der Waals surface area contributed by atoms with Crippen molar-refractivity contribution in [3.63, 3.8) is 0 Å². The molecular formula is C17H23ClIN5O. The van der Waals surface area contributed by atoms with E-state index in [-0.39, 0.29) is 24.0 Å². The van der Waals surface area contributed by atoms with Crippen LogP contribution in [0.5, 0.6) is 0 Å². The van der Waals surface area contributed by atoms with E-state index in [9.17, 15) is 0 Å². The van der Waals surface area contributed by atoms with Gasteiger partial charge in [0.2, 0.25) is 0 Å². The van der Waals surface area contributed by atoms with Gasteiger partial charge in [-0.3, -0.25) is 4.99 Å². The molecule has 0 unspecified atom stereocenters. The van der Waals surface area contributed by atoms with E-state index in [0.717, 1.165) is 42.9 Å². The Morgan fingerprint density at radius 2 is 2.04 bits per heavy atom. The van der Waals surface area contributed by atoms with E-state index in [4.69, 9.17) is 16.1 Å². The molecule has 6 nitrogen and oxygen atoms in total. The van der Waals surface area contributed by atoms with E-state index in [2.05, 4.69) is 38.3 Å². The number of hydrogen-bond donors (Lipinski definition) is 1. The largest absolute Gasteiger partial charge is 0.368 e. The molecule has 2 heterocycles. The predicted molar refractivity (Wildman–Crippen MR) is 112 cm³/mol. The van der Waals surface area contributed by atoms with Crippen LogP contribution in [0.4, 0.5) is 5.69 Å². The average molecular weight is 476 g/mol. The van der Waals surface area contributed by atoms with Crippen LogP contribution in [0, 0.1) is 6.92 Å². The number of aryl methyl sites for hydroxylation is 1. The van der Waals surface area contributed by atoms with E-state index in [0.29, 0.717) is 6.54 Å². The molecule has 1 aliphatic rings. The summed E-state index contributed by atoms with van der Waals surface area (Å²) >= 11 is 6.15. The fourth-order valence-electron chi connectivity index (χ4n) is 2.91. The van der Waals surface area contributed by atoms with Gasteiger partial charge in [0.05, 0.1) is 6.54 Å². The minimum absolute atomic E-state index is 0. The fraction of sp³-hybridized carbons (Fsp3) is 0.412. The van der Waals surface area contributed by atoms with Crippen molar-refractivity contribution in [3.05, 3.63) is 46.8 Å². The molecule has 25 heavy (non-hydrogen) atoms. The first kappa shape index (κ1) is 19.8. The fourth-order valence-corrected chi connectivity index (χ4v) is 3.08. The summed E-state index contributed by atoms with van der Waals surface area (Å²) in [7, 11) is 1.80. The highest BCUT2D eigenvalue weighted by Gasteiger charge is 2.21. The zero-order valence-electron chi connectivity index (χ0n) is 14.4. The standard InChI is InChI=1S/C17H22ClN5O.HI/c1-13-3-4-14(18)11-16(13)22-6-8-23(9-7-22)17(19-2)20-12-15-5-10-24-21-15;/h3-5,10-11H,6-9,12H2,1-2H3,(H,19,20);1H. The minimum Gasteiger partial charge on any atom is -0.368 e. The second-order valence-corrected chi connectivity index (χ2v) is 6.23. The van der Waals surface area contributed by atoms with Crippen LogP contribution < -0.4 is 10.2 Å². The van der Waals surface area contributed by atoms with Crippen molar-refractivity contribution in [2.45, 2.75) is 13.5 Å². The monoisotopic (exact) mass is 475 g/mol. The average Bonchev–Trinajstić information content (AvgIpc) is 3.12. The maximum Gasteiger partial charge on any atom is 0.194 e. The summed E-state index contributed by atoms with van der Waals surface area (Å²) in [6.45, 7) is 6.42. The van der Waals surface area contributed by atoms with Gasteiger partial charge in [0.25, 0.3) is 0 Å². The molecule has 8 heteroatoms. The summed E-state index contributed by atoms with van der Waals surface area (Å²) in [5.41, 5.74) is 3.33. The lowest BCUT2D eigenvalue weighted by Gasteiger charge is -2.38. The molecule has 0 aliphatic carbocycles. The van der Waals surface area contributed by atoms with E-state index in [1.165, 1.54) is 11.3 Å². The Labute approximate surface area is 170 Å². The molecule has 0 atom stereocenters. The van der Waals surface area contributed by atoms with Crippen LogP contribution in [0.2, 0.25) is 5.02 Å². The number of hydrogen-bond acceptors (Lipinski definition) is 4. The van der Waals surface area contributed by atoms with Crippen molar-refractivity contribution in [1.29, 1.82) is 0 Å². The van der Waals surface area contributed by atoms with Gasteiger partial charge in [-0.05, 0) is 24.6 Å². The van der Waals surface area contributed by atoms with Gasteiger partial charge in [0.1, 0.15) is 12.0 Å². The van der Waals surface area contributed by atoms with Gasteiger partial charge >= 0.3 is 0 Å². The molecule has 2 aromatic rings. The van der Waals surface area contributed by atoms with Crippen molar-refractivity contribution in [1.82, 2.24) is 15.4 Å². The summed E-state index contributed by atoms with van der Waals surface area (Å²) in [6, 6.07) is 7.90. The molecular weight excluding hydrogens is 453 g/mol. The van der Waals surface area contributed by atoms with E-state index in [1.54, 1.807) is 13.3 Å². The van der Waals surface area contributed by atoms with Crippen LogP contribution in [0.3, 0.4) is 0 Å². The van der Waals surface area contributed by atoms with Crippen LogP contribution in [-0.4, -0.2) is 49.2 Å². The lowest BCUT2D eigenvalue weighted by molar-refractivity contribution is 0.370. The number of halogens is 2. The Hall–Kier alpha value is -1.48. The highest BCUT2D eigenvalue weighted by atomic mass is 127. The zero-order valence-corrected chi connectivity index (χ0v) is 17.5. The van der Waals surface area contributed by atoms with Gasteiger partial charge in [0, 0.05) is 50.0 Å². The van der Waals surface area contributed by atoms with Crippen LogP contribution in [-0.2, 0) is 6.54 Å². The van der Waals surface area contributed by atoms with E-state index >= 15 is 0 Å². The number of rotatable bonds is 3. The third kappa shape index (κ3) is 5.01.